The van der Waals surface area contributed by atoms with Gasteiger partial charge in [-0.15, -0.1) is 0 Å². The monoisotopic (exact) mass is 267 g/mol. The molecule has 0 aliphatic carbocycles. The van der Waals surface area contributed by atoms with Crippen molar-refractivity contribution in [2.24, 2.45) is 0 Å². The van der Waals surface area contributed by atoms with Crippen LogP contribution in [-0.2, 0) is 9.53 Å². The molecular weight excluding hydrogens is 238 g/mol. The molecule has 0 aromatic rings. The molecule has 0 radical (unpaired) electrons. The second kappa shape index (κ2) is 19.2. The van der Waals surface area contributed by atoms with Gasteiger partial charge in [-0.2, -0.15) is 0 Å². The standard InChI is InChI=1S/C9H12O2.C7H17N/c1-3-5-9(4-2)8-11-7-6-10;1-3-4-5-6-7-8-2/h3-6H,1-2,7-8H2;8H,3-7H2,1-2H3/b9-5+;. The van der Waals surface area contributed by atoms with Crippen molar-refractivity contribution in [3.8, 4) is 0 Å². The van der Waals surface area contributed by atoms with Gasteiger partial charge in [-0.05, 0) is 25.6 Å². The average Bonchev–Trinajstić information content (AvgIpc) is 2.44. The van der Waals surface area contributed by atoms with Crippen molar-refractivity contribution < 1.29 is 9.53 Å². The normalized spacial score (nSPS) is 10.3. The van der Waals surface area contributed by atoms with Crippen LogP contribution < -0.4 is 5.32 Å². The predicted octanol–water partition coefficient (Wildman–Crippen LogP) is 3.29. The molecule has 0 aliphatic rings. The van der Waals surface area contributed by atoms with E-state index in [1.165, 1.54) is 32.2 Å². The molecule has 0 aromatic carbocycles. The first-order valence-electron chi connectivity index (χ1n) is 6.86. The zero-order valence-corrected chi connectivity index (χ0v) is 12.5. The second-order valence-corrected chi connectivity index (χ2v) is 4.03. The van der Waals surface area contributed by atoms with E-state index in [1.807, 2.05) is 7.05 Å². The average molecular weight is 267 g/mol. The number of rotatable bonds is 11. The molecule has 19 heavy (non-hydrogen) atoms. The van der Waals surface area contributed by atoms with Gasteiger partial charge in [0.1, 0.15) is 12.9 Å². The Morgan fingerprint density at radius 3 is 2.47 bits per heavy atom. The van der Waals surface area contributed by atoms with Crippen LogP contribution in [0.5, 0.6) is 0 Å². The van der Waals surface area contributed by atoms with Crippen LogP contribution >= 0.6 is 0 Å². The van der Waals surface area contributed by atoms with Gasteiger partial charge in [0.2, 0.25) is 0 Å². The smallest absolute Gasteiger partial charge is 0.145 e. The molecule has 0 saturated heterocycles. The largest absolute Gasteiger partial charge is 0.369 e. The first kappa shape index (κ1) is 20.1. The number of carbonyl (C=O) groups excluding carboxylic acids is 1. The zero-order chi connectivity index (χ0) is 14.8. The molecule has 0 saturated carbocycles. The Bertz CT molecular complexity index is 241. The Balaban J connectivity index is 0. The highest BCUT2D eigenvalue weighted by atomic mass is 16.5. The van der Waals surface area contributed by atoms with Crippen LogP contribution in [-0.4, -0.2) is 33.1 Å². The molecule has 0 rings (SSSR count). The van der Waals surface area contributed by atoms with Crippen molar-refractivity contribution >= 4 is 6.29 Å². The highest BCUT2D eigenvalue weighted by molar-refractivity contribution is 5.50. The minimum absolute atomic E-state index is 0.127. The van der Waals surface area contributed by atoms with Crippen LogP contribution in [0.3, 0.4) is 0 Å². The molecule has 0 spiro atoms. The van der Waals surface area contributed by atoms with Gasteiger partial charge in [0.15, 0.2) is 0 Å². The summed E-state index contributed by atoms with van der Waals surface area (Å²) in [4.78, 5) is 9.84. The van der Waals surface area contributed by atoms with Crippen molar-refractivity contribution in [1.82, 2.24) is 5.32 Å². The second-order valence-electron chi connectivity index (χ2n) is 4.03. The number of carbonyl (C=O) groups is 1. The van der Waals surface area contributed by atoms with E-state index < -0.39 is 0 Å². The molecule has 0 fully saturated rings. The maximum Gasteiger partial charge on any atom is 0.145 e. The SMILES string of the molecule is C=C/C=C(\C=C)COCC=O.CCCCCCNC. The van der Waals surface area contributed by atoms with Crippen molar-refractivity contribution in [2.45, 2.75) is 32.6 Å². The van der Waals surface area contributed by atoms with Gasteiger partial charge in [0.25, 0.3) is 0 Å². The molecule has 110 valence electrons. The zero-order valence-electron chi connectivity index (χ0n) is 12.5. The molecule has 0 heterocycles. The summed E-state index contributed by atoms with van der Waals surface area (Å²) in [5.74, 6) is 0. The number of aldehydes is 1. The summed E-state index contributed by atoms with van der Waals surface area (Å²) in [7, 11) is 2.01. The first-order chi connectivity index (χ1) is 9.26. The molecule has 0 aliphatic heterocycles. The molecule has 3 heteroatoms. The fourth-order valence-corrected chi connectivity index (χ4v) is 1.28. The molecule has 0 atom stereocenters. The van der Waals surface area contributed by atoms with E-state index in [9.17, 15) is 4.79 Å². The molecular formula is C16H29NO2. The maximum absolute atomic E-state index is 9.84. The Morgan fingerprint density at radius 1 is 1.26 bits per heavy atom. The lowest BCUT2D eigenvalue weighted by atomic mass is 10.2. The molecule has 0 bridgehead atoms. The molecule has 3 nitrogen and oxygen atoms in total. The third kappa shape index (κ3) is 19.3. The topological polar surface area (TPSA) is 38.3 Å². The predicted molar refractivity (Wildman–Crippen MR) is 83.4 cm³/mol. The van der Waals surface area contributed by atoms with Crippen LogP contribution in [0.4, 0.5) is 0 Å². The lowest BCUT2D eigenvalue weighted by Gasteiger charge is -1.98. The van der Waals surface area contributed by atoms with Gasteiger partial charge in [0, 0.05) is 0 Å². The Hall–Kier alpha value is -1.19. The third-order valence-electron chi connectivity index (χ3n) is 2.33. The van der Waals surface area contributed by atoms with Crippen LogP contribution in [0.2, 0.25) is 0 Å². The summed E-state index contributed by atoms with van der Waals surface area (Å²) in [6.07, 6.45) is 11.3. The van der Waals surface area contributed by atoms with Crippen LogP contribution in [0.1, 0.15) is 32.6 Å². The quantitative estimate of drug-likeness (QED) is 0.355. The molecule has 0 unspecified atom stereocenters. The van der Waals surface area contributed by atoms with Gasteiger partial charge in [0.05, 0.1) is 6.61 Å². The van der Waals surface area contributed by atoms with Gasteiger partial charge in [-0.25, -0.2) is 0 Å². The van der Waals surface area contributed by atoms with Gasteiger partial charge in [-0.1, -0.05) is 57.6 Å². The fourth-order valence-electron chi connectivity index (χ4n) is 1.28. The summed E-state index contributed by atoms with van der Waals surface area (Å²) in [5, 5.41) is 3.13. The van der Waals surface area contributed by atoms with Crippen molar-refractivity contribution in [3.05, 3.63) is 37.0 Å². The molecule has 1 N–H and O–H groups in total. The fraction of sp³-hybridized carbons (Fsp3) is 0.562. The van der Waals surface area contributed by atoms with Crippen molar-refractivity contribution in [3.63, 3.8) is 0 Å². The van der Waals surface area contributed by atoms with Crippen LogP contribution in [0.25, 0.3) is 0 Å². The number of hydrogen-bond acceptors (Lipinski definition) is 3. The number of hydrogen-bond donors (Lipinski definition) is 1. The minimum atomic E-state index is 0.127. The van der Waals surface area contributed by atoms with Gasteiger partial charge in [-0.3, -0.25) is 0 Å². The molecule has 0 aromatic heterocycles. The van der Waals surface area contributed by atoms with Crippen molar-refractivity contribution in [1.29, 1.82) is 0 Å². The summed E-state index contributed by atoms with van der Waals surface area (Å²) >= 11 is 0. The van der Waals surface area contributed by atoms with E-state index >= 15 is 0 Å². The van der Waals surface area contributed by atoms with Gasteiger partial charge >= 0.3 is 0 Å². The summed E-state index contributed by atoms with van der Waals surface area (Å²) in [6.45, 7) is 11.1. The lowest BCUT2D eigenvalue weighted by molar-refractivity contribution is -0.111. The van der Waals surface area contributed by atoms with Crippen LogP contribution in [0.15, 0.2) is 37.0 Å². The van der Waals surface area contributed by atoms with Crippen molar-refractivity contribution in [2.75, 3.05) is 26.8 Å². The van der Waals surface area contributed by atoms with Gasteiger partial charge < -0.3 is 14.8 Å². The third-order valence-corrected chi connectivity index (χ3v) is 2.33. The minimum Gasteiger partial charge on any atom is -0.369 e. The summed E-state index contributed by atoms with van der Waals surface area (Å²) < 4.78 is 4.93. The van der Waals surface area contributed by atoms with E-state index in [2.05, 4.69) is 25.4 Å². The Morgan fingerprint density at radius 2 is 2.00 bits per heavy atom. The van der Waals surface area contributed by atoms with E-state index in [1.54, 1.807) is 18.2 Å². The van der Waals surface area contributed by atoms with E-state index in [4.69, 9.17) is 4.74 Å². The lowest BCUT2D eigenvalue weighted by Crippen LogP contribution is -2.06. The number of ether oxygens (including phenoxy) is 1. The van der Waals surface area contributed by atoms with E-state index in [0.29, 0.717) is 12.9 Å². The van der Waals surface area contributed by atoms with E-state index in [-0.39, 0.29) is 6.61 Å². The van der Waals surface area contributed by atoms with E-state index in [0.717, 1.165) is 5.57 Å². The number of allylic oxidation sites excluding steroid dienone is 2. The Labute approximate surface area is 118 Å². The van der Waals surface area contributed by atoms with Crippen LogP contribution in [0, 0.1) is 0 Å². The summed E-state index contributed by atoms with van der Waals surface area (Å²) in [6, 6.07) is 0. The highest BCUT2D eigenvalue weighted by Crippen LogP contribution is 1.96. The maximum atomic E-state index is 9.84. The number of nitrogens with one attached hydrogen (secondary N) is 1. The summed E-state index contributed by atoms with van der Waals surface area (Å²) in [5.41, 5.74) is 0.918. The first-order valence-corrected chi connectivity index (χ1v) is 6.86. The number of unbranched alkanes of at least 4 members (excludes halogenated alkanes) is 3. The Kier molecular flexibility index (Phi) is 20.3. The highest BCUT2D eigenvalue weighted by Gasteiger charge is 1.89. The molecule has 0 amide bonds.